The molecular weight excluding hydrogens is 306 g/mol. The Labute approximate surface area is 122 Å². The molecule has 1 aliphatic rings. The van der Waals surface area contributed by atoms with Gasteiger partial charge in [0.2, 0.25) is 0 Å². The maximum Gasteiger partial charge on any atom is 0.283 e. The van der Waals surface area contributed by atoms with Crippen LogP contribution in [0.5, 0.6) is 0 Å². The second-order valence-corrected chi connectivity index (χ2v) is 6.03. The Balaban J connectivity index is 2.12. The lowest BCUT2D eigenvalue weighted by molar-refractivity contribution is 0.563. The van der Waals surface area contributed by atoms with Crippen molar-refractivity contribution in [1.82, 2.24) is 9.78 Å². The molecule has 0 aromatic carbocycles. The summed E-state index contributed by atoms with van der Waals surface area (Å²) < 4.78 is 2.13. The maximum absolute atomic E-state index is 12.1. The summed E-state index contributed by atoms with van der Waals surface area (Å²) in [5.41, 5.74) is 0.796. The van der Waals surface area contributed by atoms with E-state index in [9.17, 15) is 4.79 Å². The monoisotopic (exact) mass is 327 g/mol. The summed E-state index contributed by atoms with van der Waals surface area (Å²) >= 11 is 3.41. The van der Waals surface area contributed by atoms with Crippen LogP contribution in [0.3, 0.4) is 0 Å². The smallest absolute Gasteiger partial charge is 0.283 e. The number of rotatable bonds is 4. The van der Waals surface area contributed by atoms with E-state index < -0.39 is 0 Å². The molecule has 19 heavy (non-hydrogen) atoms. The highest BCUT2D eigenvalue weighted by Gasteiger charge is 2.15. The normalized spacial score (nSPS) is 17.2. The molecule has 0 bridgehead atoms. The average molecular weight is 328 g/mol. The van der Waals surface area contributed by atoms with Crippen LogP contribution in [0.15, 0.2) is 15.5 Å². The predicted molar refractivity (Wildman–Crippen MR) is 81.6 cm³/mol. The highest BCUT2D eigenvalue weighted by atomic mass is 79.9. The van der Waals surface area contributed by atoms with Gasteiger partial charge in [0.15, 0.2) is 0 Å². The summed E-state index contributed by atoms with van der Waals surface area (Å²) in [4.78, 5) is 12.1. The maximum atomic E-state index is 12.1. The number of nitrogens with zero attached hydrogens (tertiary/aromatic N) is 2. The fourth-order valence-corrected chi connectivity index (χ4v) is 3.00. The molecule has 1 heterocycles. The Morgan fingerprint density at radius 2 is 2.05 bits per heavy atom. The Morgan fingerprint density at radius 1 is 1.37 bits per heavy atom. The molecule has 1 aliphatic carbocycles. The van der Waals surface area contributed by atoms with Crippen LogP contribution in [-0.4, -0.2) is 15.8 Å². The molecule has 1 aromatic heterocycles. The van der Waals surface area contributed by atoms with Crippen molar-refractivity contribution in [3.63, 3.8) is 0 Å². The van der Waals surface area contributed by atoms with Crippen LogP contribution in [-0.2, 0) is 6.54 Å². The van der Waals surface area contributed by atoms with Gasteiger partial charge in [0, 0.05) is 12.6 Å². The van der Waals surface area contributed by atoms with Crippen molar-refractivity contribution in [1.29, 1.82) is 0 Å². The highest BCUT2D eigenvalue weighted by Crippen LogP contribution is 2.23. The lowest BCUT2D eigenvalue weighted by atomic mass is 10.1. The fourth-order valence-electron chi connectivity index (χ4n) is 2.58. The summed E-state index contributed by atoms with van der Waals surface area (Å²) in [6.45, 7) is 2.71. The Bertz CT molecular complexity index is 464. The number of aromatic nitrogens is 2. The molecule has 0 spiro atoms. The van der Waals surface area contributed by atoms with Crippen molar-refractivity contribution in [3.8, 4) is 0 Å². The van der Waals surface area contributed by atoms with Gasteiger partial charge in [-0.2, -0.15) is 5.10 Å². The molecular formula is C14H22BrN3O. The number of hydrogen-bond acceptors (Lipinski definition) is 3. The van der Waals surface area contributed by atoms with Gasteiger partial charge in [0.1, 0.15) is 4.47 Å². The van der Waals surface area contributed by atoms with E-state index in [0.717, 1.165) is 12.1 Å². The summed E-state index contributed by atoms with van der Waals surface area (Å²) in [7, 11) is 0. The first kappa shape index (κ1) is 14.6. The molecule has 0 unspecified atom stereocenters. The van der Waals surface area contributed by atoms with Gasteiger partial charge >= 0.3 is 0 Å². The standard InChI is InChI=1S/C14H22BrN3O/c1-2-9-18-14(19)13(15)12(10-16-18)17-11-7-5-3-4-6-8-11/h10-11,17H,2-9H2,1H3. The summed E-state index contributed by atoms with van der Waals surface area (Å²) in [6, 6.07) is 0.474. The van der Waals surface area contributed by atoms with Crippen LogP contribution >= 0.6 is 15.9 Å². The number of anilines is 1. The largest absolute Gasteiger partial charge is 0.380 e. The second-order valence-electron chi connectivity index (χ2n) is 5.23. The number of hydrogen-bond donors (Lipinski definition) is 1. The number of aryl methyl sites for hydroxylation is 1. The molecule has 1 fully saturated rings. The van der Waals surface area contributed by atoms with Gasteiger partial charge in [-0.15, -0.1) is 0 Å². The number of halogens is 1. The van der Waals surface area contributed by atoms with Gasteiger partial charge < -0.3 is 5.32 Å². The highest BCUT2D eigenvalue weighted by molar-refractivity contribution is 9.10. The van der Waals surface area contributed by atoms with E-state index in [4.69, 9.17) is 0 Å². The van der Waals surface area contributed by atoms with E-state index in [1.807, 2.05) is 6.92 Å². The topological polar surface area (TPSA) is 46.9 Å². The lowest BCUT2D eigenvalue weighted by Crippen LogP contribution is -2.26. The molecule has 0 saturated heterocycles. The van der Waals surface area contributed by atoms with Crippen molar-refractivity contribution in [2.24, 2.45) is 0 Å². The molecule has 1 saturated carbocycles. The minimum Gasteiger partial charge on any atom is -0.380 e. The van der Waals surface area contributed by atoms with Crippen LogP contribution < -0.4 is 10.9 Å². The molecule has 0 aliphatic heterocycles. The van der Waals surface area contributed by atoms with Crippen molar-refractivity contribution in [2.75, 3.05) is 5.32 Å². The van der Waals surface area contributed by atoms with Gasteiger partial charge in [-0.05, 0) is 35.2 Å². The summed E-state index contributed by atoms with van der Waals surface area (Å²) in [5, 5.41) is 7.71. The van der Waals surface area contributed by atoms with Crippen LogP contribution in [0.1, 0.15) is 51.9 Å². The summed E-state index contributed by atoms with van der Waals surface area (Å²) in [5.74, 6) is 0. The quantitative estimate of drug-likeness (QED) is 0.860. The lowest BCUT2D eigenvalue weighted by Gasteiger charge is -2.18. The molecule has 106 valence electrons. The molecule has 0 atom stereocenters. The number of nitrogens with one attached hydrogen (secondary N) is 1. The first-order chi connectivity index (χ1) is 9.22. The zero-order valence-corrected chi connectivity index (χ0v) is 13.1. The Kier molecular flexibility index (Phi) is 5.43. The van der Waals surface area contributed by atoms with E-state index in [0.29, 0.717) is 17.1 Å². The van der Waals surface area contributed by atoms with Crippen LogP contribution in [0.4, 0.5) is 5.69 Å². The SMILES string of the molecule is CCCn1ncc(NC2CCCCCC2)c(Br)c1=O. The van der Waals surface area contributed by atoms with Crippen LogP contribution in [0.25, 0.3) is 0 Å². The van der Waals surface area contributed by atoms with E-state index in [1.54, 1.807) is 6.20 Å². The van der Waals surface area contributed by atoms with Crippen molar-refractivity contribution >= 4 is 21.6 Å². The van der Waals surface area contributed by atoms with E-state index in [2.05, 4.69) is 26.3 Å². The summed E-state index contributed by atoms with van der Waals surface area (Å²) in [6.07, 6.45) is 10.3. The van der Waals surface area contributed by atoms with E-state index in [-0.39, 0.29) is 5.56 Å². The molecule has 0 radical (unpaired) electrons. The zero-order chi connectivity index (χ0) is 13.7. The molecule has 1 aromatic rings. The van der Waals surface area contributed by atoms with Crippen LogP contribution in [0, 0.1) is 0 Å². The van der Waals surface area contributed by atoms with Gasteiger partial charge in [0.05, 0.1) is 11.9 Å². The van der Waals surface area contributed by atoms with Gasteiger partial charge in [-0.25, -0.2) is 4.68 Å². The van der Waals surface area contributed by atoms with Crippen molar-refractivity contribution < 1.29 is 0 Å². The predicted octanol–water partition coefficient (Wildman–Crippen LogP) is 3.55. The average Bonchev–Trinajstić information content (AvgIpc) is 2.67. The van der Waals surface area contributed by atoms with Gasteiger partial charge in [-0.3, -0.25) is 4.79 Å². The molecule has 4 nitrogen and oxygen atoms in total. The van der Waals surface area contributed by atoms with Crippen LogP contribution in [0.2, 0.25) is 0 Å². The Morgan fingerprint density at radius 3 is 2.68 bits per heavy atom. The van der Waals surface area contributed by atoms with Crippen molar-refractivity contribution in [3.05, 3.63) is 21.0 Å². The minimum absolute atomic E-state index is 0.0412. The third-order valence-corrected chi connectivity index (χ3v) is 4.40. The van der Waals surface area contributed by atoms with E-state index >= 15 is 0 Å². The molecule has 1 N–H and O–H groups in total. The van der Waals surface area contributed by atoms with Gasteiger partial charge in [0.25, 0.3) is 5.56 Å². The minimum atomic E-state index is -0.0412. The van der Waals surface area contributed by atoms with Gasteiger partial charge in [-0.1, -0.05) is 32.6 Å². The fraction of sp³-hybridized carbons (Fsp3) is 0.714. The van der Waals surface area contributed by atoms with Crippen molar-refractivity contribution in [2.45, 2.75) is 64.5 Å². The third-order valence-electron chi connectivity index (χ3n) is 3.64. The molecule has 5 heteroatoms. The second kappa shape index (κ2) is 7.08. The first-order valence-electron chi connectivity index (χ1n) is 7.24. The Hall–Kier alpha value is -0.840. The van der Waals surface area contributed by atoms with E-state index in [1.165, 1.54) is 43.2 Å². The zero-order valence-electron chi connectivity index (χ0n) is 11.5. The molecule has 2 rings (SSSR count). The molecule has 0 amide bonds. The third kappa shape index (κ3) is 3.81. The first-order valence-corrected chi connectivity index (χ1v) is 8.04.